The van der Waals surface area contributed by atoms with Crippen molar-refractivity contribution in [2.24, 2.45) is 5.92 Å². The van der Waals surface area contributed by atoms with Crippen LogP contribution in [0.3, 0.4) is 0 Å². The molecule has 2 aliphatic carbocycles. The number of rotatable bonds is 3. The van der Waals surface area contributed by atoms with Crippen molar-refractivity contribution in [2.75, 3.05) is 5.73 Å². The minimum absolute atomic E-state index is 0.292. The molecule has 2 atom stereocenters. The molecule has 3 rings (SSSR count). The Morgan fingerprint density at radius 3 is 2.67 bits per heavy atom. The van der Waals surface area contributed by atoms with E-state index in [9.17, 15) is 0 Å². The predicted molar refractivity (Wildman–Crippen MR) is 70.5 cm³/mol. The molecule has 4 heteroatoms. The lowest BCUT2D eigenvalue weighted by Crippen LogP contribution is -2.28. The Labute approximate surface area is 108 Å². The number of hydrogen-bond donors (Lipinski definition) is 1. The Bertz CT molecular complexity index is 431. The Hall–Kier alpha value is -1.32. The molecule has 4 nitrogen and oxygen atoms in total. The van der Waals surface area contributed by atoms with E-state index in [1.54, 1.807) is 6.07 Å². The highest BCUT2D eigenvalue weighted by molar-refractivity contribution is 5.34. The molecule has 2 saturated carbocycles. The lowest BCUT2D eigenvalue weighted by atomic mass is 9.88. The third-order valence-electron chi connectivity index (χ3n) is 3.99. The highest BCUT2D eigenvalue weighted by Gasteiger charge is 2.28. The standard InChI is InChI=1S/C14H21N3O/c1-9-4-2-3-5-11(9)18-13-8-12(15)16-14(17-13)10-6-7-10/h8-11H,2-7H2,1H3,(H2,15,16,17). The summed E-state index contributed by atoms with van der Waals surface area (Å²) in [7, 11) is 0. The number of hydrogen-bond acceptors (Lipinski definition) is 4. The van der Waals surface area contributed by atoms with Crippen LogP contribution in [0.5, 0.6) is 5.88 Å². The summed E-state index contributed by atoms with van der Waals surface area (Å²) in [6, 6.07) is 1.76. The minimum atomic E-state index is 0.292. The smallest absolute Gasteiger partial charge is 0.219 e. The Morgan fingerprint density at radius 1 is 1.17 bits per heavy atom. The van der Waals surface area contributed by atoms with Gasteiger partial charge in [-0.15, -0.1) is 0 Å². The van der Waals surface area contributed by atoms with Crippen molar-refractivity contribution in [3.63, 3.8) is 0 Å². The molecule has 2 unspecified atom stereocenters. The zero-order chi connectivity index (χ0) is 12.5. The molecular weight excluding hydrogens is 226 g/mol. The number of nitrogen functional groups attached to an aromatic ring is 1. The van der Waals surface area contributed by atoms with Gasteiger partial charge in [0.25, 0.3) is 0 Å². The first kappa shape index (κ1) is 11.8. The van der Waals surface area contributed by atoms with Gasteiger partial charge in [0.15, 0.2) is 0 Å². The summed E-state index contributed by atoms with van der Waals surface area (Å²) in [6.07, 6.45) is 7.61. The molecule has 18 heavy (non-hydrogen) atoms. The van der Waals surface area contributed by atoms with Gasteiger partial charge in [-0.1, -0.05) is 13.3 Å². The predicted octanol–water partition coefficient (Wildman–Crippen LogP) is 2.89. The van der Waals surface area contributed by atoms with Crippen molar-refractivity contribution in [1.29, 1.82) is 0 Å². The Kier molecular flexibility index (Phi) is 3.10. The molecule has 0 bridgehead atoms. The molecule has 2 N–H and O–H groups in total. The van der Waals surface area contributed by atoms with Crippen molar-refractivity contribution >= 4 is 5.82 Å². The third-order valence-corrected chi connectivity index (χ3v) is 3.99. The van der Waals surface area contributed by atoms with Gasteiger partial charge in [-0.05, 0) is 38.0 Å². The van der Waals surface area contributed by atoms with Crippen molar-refractivity contribution in [3.05, 3.63) is 11.9 Å². The van der Waals surface area contributed by atoms with Crippen molar-refractivity contribution < 1.29 is 4.74 Å². The topological polar surface area (TPSA) is 61.0 Å². The molecule has 1 aromatic rings. The van der Waals surface area contributed by atoms with E-state index in [2.05, 4.69) is 16.9 Å². The quantitative estimate of drug-likeness (QED) is 0.892. The van der Waals surface area contributed by atoms with Crippen LogP contribution in [0.2, 0.25) is 0 Å². The molecule has 98 valence electrons. The molecule has 1 heterocycles. The average molecular weight is 247 g/mol. The largest absolute Gasteiger partial charge is 0.474 e. The van der Waals surface area contributed by atoms with E-state index in [0.29, 0.717) is 29.6 Å². The number of aromatic nitrogens is 2. The zero-order valence-electron chi connectivity index (χ0n) is 10.9. The van der Waals surface area contributed by atoms with Crippen LogP contribution in [-0.4, -0.2) is 16.1 Å². The van der Waals surface area contributed by atoms with E-state index < -0.39 is 0 Å². The maximum Gasteiger partial charge on any atom is 0.219 e. The van der Waals surface area contributed by atoms with E-state index in [1.165, 1.54) is 32.1 Å². The fraction of sp³-hybridized carbons (Fsp3) is 0.714. The van der Waals surface area contributed by atoms with Crippen LogP contribution < -0.4 is 10.5 Å². The number of nitrogens with zero attached hydrogens (tertiary/aromatic N) is 2. The first-order chi connectivity index (χ1) is 8.72. The van der Waals surface area contributed by atoms with E-state index in [4.69, 9.17) is 10.5 Å². The summed E-state index contributed by atoms with van der Waals surface area (Å²) in [5.74, 6) is 3.20. The highest BCUT2D eigenvalue weighted by atomic mass is 16.5. The molecule has 2 aliphatic rings. The molecule has 0 radical (unpaired) electrons. The van der Waals surface area contributed by atoms with Gasteiger partial charge in [-0.3, -0.25) is 0 Å². The number of ether oxygens (including phenoxy) is 1. The van der Waals surface area contributed by atoms with Crippen LogP contribution in [-0.2, 0) is 0 Å². The van der Waals surface area contributed by atoms with Crippen LogP contribution in [0.1, 0.15) is 57.2 Å². The molecule has 0 aromatic carbocycles. The molecule has 2 fully saturated rings. The monoisotopic (exact) mass is 247 g/mol. The zero-order valence-corrected chi connectivity index (χ0v) is 10.9. The maximum atomic E-state index is 6.04. The maximum absolute atomic E-state index is 6.04. The molecule has 0 amide bonds. The molecule has 1 aromatic heterocycles. The van der Waals surface area contributed by atoms with Gasteiger partial charge in [0.2, 0.25) is 5.88 Å². The van der Waals surface area contributed by atoms with Gasteiger partial charge in [0.05, 0.1) is 0 Å². The average Bonchev–Trinajstić information content (AvgIpc) is 3.15. The van der Waals surface area contributed by atoms with Crippen LogP contribution in [0.4, 0.5) is 5.82 Å². The van der Waals surface area contributed by atoms with Gasteiger partial charge in [0.1, 0.15) is 17.7 Å². The first-order valence-corrected chi connectivity index (χ1v) is 7.03. The summed E-state index contributed by atoms with van der Waals surface area (Å²) < 4.78 is 6.04. The minimum Gasteiger partial charge on any atom is -0.474 e. The molecule has 0 saturated heterocycles. The molecular formula is C14H21N3O. The molecule has 0 spiro atoms. The van der Waals surface area contributed by atoms with Crippen LogP contribution in [0.15, 0.2) is 6.07 Å². The Morgan fingerprint density at radius 2 is 1.94 bits per heavy atom. The van der Waals surface area contributed by atoms with E-state index >= 15 is 0 Å². The number of anilines is 1. The van der Waals surface area contributed by atoms with E-state index in [-0.39, 0.29) is 0 Å². The lowest BCUT2D eigenvalue weighted by molar-refractivity contribution is 0.0972. The van der Waals surface area contributed by atoms with Gasteiger partial charge in [-0.2, -0.15) is 4.98 Å². The van der Waals surface area contributed by atoms with E-state index in [1.807, 2.05) is 0 Å². The summed E-state index contributed by atoms with van der Waals surface area (Å²) >= 11 is 0. The summed E-state index contributed by atoms with van der Waals surface area (Å²) in [6.45, 7) is 2.26. The second-order valence-electron chi connectivity index (χ2n) is 5.68. The normalized spacial score (nSPS) is 28.1. The van der Waals surface area contributed by atoms with Crippen LogP contribution in [0.25, 0.3) is 0 Å². The number of nitrogens with two attached hydrogens (primary N) is 1. The van der Waals surface area contributed by atoms with E-state index in [0.717, 1.165) is 12.2 Å². The van der Waals surface area contributed by atoms with Crippen molar-refractivity contribution in [3.8, 4) is 5.88 Å². The molecule has 0 aliphatic heterocycles. The van der Waals surface area contributed by atoms with Gasteiger partial charge in [0, 0.05) is 12.0 Å². The van der Waals surface area contributed by atoms with Gasteiger partial charge in [-0.25, -0.2) is 4.98 Å². The fourth-order valence-corrected chi connectivity index (χ4v) is 2.66. The second-order valence-corrected chi connectivity index (χ2v) is 5.68. The van der Waals surface area contributed by atoms with Crippen LogP contribution in [0, 0.1) is 5.92 Å². The fourth-order valence-electron chi connectivity index (χ4n) is 2.66. The summed E-state index contributed by atoms with van der Waals surface area (Å²) in [4.78, 5) is 8.81. The van der Waals surface area contributed by atoms with Crippen molar-refractivity contribution in [1.82, 2.24) is 9.97 Å². The second kappa shape index (κ2) is 4.75. The first-order valence-electron chi connectivity index (χ1n) is 7.03. The highest BCUT2D eigenvalue weighted by Crippen LogP contribution is 2.39. The van der Waals surface area contributed by atoms with Gasteiger partial charge < -0.3 is 10.5 Å². The lowest BCUT2D eigenvalue weighted by Gasteiger charge is -2.28. The van der Waals surface area contributed by atoms with Crippen molar-refractivity contribution in [2.45, 2.75) is 57.5 Å². The van der Waals surface area contributed by atoms with Crippen LogP contribution >= 0.6 is 0 Å². The summed E-state index contributed by atoms with van der Waals surface area (Å²) in [5, 5.41) is 0. The third kappa shape index (κ3) is 2.57. The summed E-state index contributed by atoms with van der Waals surface area (Å²) in [5.41, 5.74) is 5.83. The Balaban J connectivity index is 1.74. The van der Waals surface area contributed by atoms with Gasteiger partial charge >= 0.3 is 0 Å². The SMILES string of the molecule is CC1CCCCC1Oc1cc(N)nc(C2CC2)n1.